The number of halogens is 1. The van der Waals surface area contributed by atoms with Gasteiger partial charge in [0.05, 0.1) is 5.92 Å². The van der Waals surface area contributed by atoms with Crippen LogP contribution in [0.3, 0.4) is 0 Å². The van der Waals surface area contributed by atoms with E-state index in [2.05, 4.69) is 20.6 Å². The number of hydrogen-bond acceptors (Lipinski definition) is 5. The van der Waals surface area contributed by atoms with Crippen molar-refractivity contribution in [1.29, 1.82) is 0 Å². The van der Waals surface area contributed by atoms with Crippen molar-refractivity contribution in [3.05, 3.63) is 65.5 Å². The molecule has 142 valence electrons. The lowest BCUT2D eigenvalue weighted by Crippen LogP contribution is -2.20. The SMILES string of the molecule is CC[C@H](C(=O)Nc1nn2c(-c3ccc(C)c(F)c3)nnc2s1)c1ccccc1. The minimum absolute atomic E-state index is 0.124. The van der Waals surface area contributed by atoms with Gasteiger partial charge in [-0.15, -0.1) is 15.3 Å². The molecule has 1 N–H and O–H groups in total. The molecule has 6 nitrogen and oxygen atoms in total. The second-order valence-corrected chi connectivity index (χ2v) is 7.41. The molecule has 0 fully saturated rings. The first-order chi connectivity index (χ1) is 13.6. The topological polar surface area (TPSA) is 72.2 Å². The smallest absolute Gasteiger partial charge is 0.236 e. The van der Waals surface area contributed by atoms with Crippen LogP contribution in [-0.4, -0.2) is 25.7 Å². The van der Waals surface area contributed by atoms with Gasteiger partial charge in [-0.1, -0.05) is 60.7 Å². The molecule has 1 amide bonds. The molecule has 0 aliphatic rings. The van der Waals surface area contributed by atoms with Crippen LogP contribution in [0.1, 0.15) is 30.4 Å². The fourth-order valence-corrected chi connectivity index (χ4v) is 3.77. The largest absolute Gasteiger partial charge is 0.300 e. The average molecular weight is 395 g/mol. The number of anilines is 1. The first-order valence-corrected chi connectivity index (χ1v) is 9.73. The maximum Gasteiger partial charge on any atom is 0.236 e. The van der Waals surface area contributed by atoms with E-state index < -0.39 is 0 Å². The Kier molecular flexibility index (Phi) is 4.87. The van der Waals surface area contributed by atoms with Gasteiger partial charge in [-0.25, -0.2) is 4.39 Å². The Morgan fingerprint density at radius 1 is 1.21 bits per heavy atom. The van der Waals surface area contributed by atoms with Crippen LogP contribution in [0.25, 0.3) is 16.3 Å². The van der Waals surface area contributed by atoms with Gasteiger partial charge in [-0.3, -0.25) is 10.1 Å². The molecule has 8 heteroatoms. The minimum Gasteiger partial charge on any atom is -0.300 e. The summed E-state index contributed by atoms with van der Waals surface area (Å²) in [4.78, 5) is 13.3. The third-order valence-corrected chi connectivity index (χ3v) is 5.39. The number of carbonyl (C=O) groups is 1. The third kappa shape index (κ3) is 3.38. The maximum atomic E-state index is 13.9. The summed E-state index contributed by atoms with van der Waals surface area (Å²) >= 11 is 1.22. The van der Waals surface area contributed by atoms with Gasteiger partial charge in [0.15, 0.2) is 5.82 Å². The summed E-state index contributed by atoms with van der Waals surface area (Å²) in [7, 11) is 0. The molecule has 4 aromatic rings. The fraction of sp³-hybridized carbons (Fsp3) is 0.200. The van der Waals surface area contributed by atoms with Crippen molar-refractivity contribution in [3.8, 4) is 11.4 Å². The second kappa shape index (κ2) is 7.47. The van der Waals surface area contributed by atoms with Crippen LogP contribution < -0.4 is 5.32 Å². The molecule has 2 aromatic carbocycles. The Hall–Kier alpha value is -3.13. The summed E-state index contributed by atoms with van der Waals surface area (Å²) < 4.78 is 15.4. The van der Waals surface area contributed by atoms with E-state index in [1.54, 1.807) is 19.1 Å². The van der Waals surface area contributed by atoms with Crippen molar-refractivity contribution in [2.75, 3.05) is 5.32 Å². The molecule has 0 saturated heterocycles. The Balaban J connectivity index is 1.61. The van der Waals surface area contributed by atoms with Crippen LogP contribution in [-0.2, 0) is 4.79 Å². The second-order valence-electron chi connectivity index (χ2n) is 6.45. The van der Waals surface area contributed by atoms with Crippen LogP contribution in [0, 0.1) is 12.7 Å². The van der Waals surface area contributed by atoms with Gasteiger partial charge in [0.2, 0.25) is 16.0 Å². The summed E-state index contributed by atoms with van der Waals surface area (Å²) in [5.41, 5.74) is 2.10. The molecule has 1 atom stereocenters. The van der Waals surface area contributed by atoms with Crippen molar-refractivity contribution in [1.82, 2.24) is 19.8 Å². The lowest BCUT2D eigenvalue weighted by molar-refractivity contribution is -0.117. The number of benzene rings is 2. The number of aromatic nitrogens is 4. The van der Waals surface area contributed by atoms with E-state index in [-0.39, 0.29) is 17.6 Å². The van der Waals surface area contributed by atoms with Gasteiger partial charge in [0.25, 0.3) is 0 Å². The lowest BCUT2D eigenvalue weighted by Gasteiger charge is -2.13. The zero-order chi connectivity index (χ0) is 19.7. The Bertz CT molecular complexity index is 1140. The zero-order valence-electron chi connectivity index (χ0n) is 15.4. The van der Waals surface area contributed by atoms with E-state index in [0.717, 1.165) is 5.56 Å². The molecule has 0 radical (unpaired) electrons. The number of nitrogens with one attached hydrogen (secondary N) is 1. The molecule has 2 heterocycles. The van der Waals surface area contributed by atoms with E-state index >= 15 is 0 Å². The first kappa shape index (κ1) is 18.2. The highest BCUT2D eigenvalue weighted by Gasteiger charge is 2.21. The van der Waals surface area contributed by atoms with Crippen molar-refractivity contribution in [3.63, 3.8) is 0 Å². The van der Waals surface area contributed by atoms with Crippen molar-refractivity contribution in [2.45, 2.75) is 26.2 Å². The van der Waals surface area contributed by atoms with Crippen molar-refractivity contribution in [2.24, 2.45) is 0 Å². The number of aryl methyl sites for hydroxylation is 1. The highest BCUT2D eigenvalue weighted by Crippen LogP contribution is 2.27. The Labute approximate surface area is 165 Å². The zero-order valence-corrected chi connectivity index (χ0v) is 16.2. The van der Waals surface area contributed by atoms with Crippen molar-refractivity contribution < 1.29 is 9.18 Å². The predicted molar refractivity (Wildman–Crippen MR) is 107 cm³/mol. The van der Waals surface area contributed by atoms with Crippen LogP contribution in [0.5, 0.6) is 0 Å². The van der Waals surface area contributed by atoms with Crippen LogP contribution in [0.15, 0.2) is 48.5 Å². The van der Waals surface area contributed by atoms with Crippen LogP contribution in [0.4, 0.5) is 9.52 Å². The summed E-state index contributed by atoms with van der Waals surface area (Å²) in [6.07, 6.45) is 0.674. The number of amides is 1. The number of rotatable bonds is 5. The van der Waals surface area contributed by atoms with E-state index in [9.17, 15) is 9.18 Å². The van der Waals surface area contributed by atoms with E-state index in [1.807, 2.05) is 37.3 Å². The summed E-state index contributed by atoms with van der Waals surface area (Å²) in [6.45, 7) is 3.67. The van der Waals surface area contributed by atoms with Crippen molar-refractivity contribution >= 4 is 27.3 Å². The van der Waals surface area contributed by atoms with E-state index in [1.165, 1.54) is 21.9 Å². The molecule has 0 saturated carbocycles. The van der Waals surface area contributed by atoms with Gasteiger partial charge in [-0.05, 0) is 30.5 Å². The third-order valence-electron chi connectivity index (χ3n) is 4.58. The highest BCUT2D eigenvalue weighted by molar-refractivity contribution is 7.20. The lowest BCUT2D eigenvalue weighted by atomic mass is 9.96. The molecule has 0 bridgehead atoms. The first-order valence-electron chi connectivity index (χ1n) is 8.91. The van der Waals surface area contributed by atoms with E-state index in [0.29, 0.717) is 33.5 Å². The van der Waals surface area contributed by atoms with Gasteiger partial charge >= 0.3 is 0 Å². The number of carbonyl (C=O) groups excluding carboxylic acids is 1. The standard InChI is InChI=1S/C20H18FN5OS/c1-3-15(13-7-5-4-6-8-13)18(27)22-19-25-26-17(23-24-20(26)28-19)14-10-9-12(2)16(21)11-14/h4-11,15H,3H2,1-2H3,(H,22,25,27)/t15-/m0/s1. The summed E-state index contributed by atoms with van der Waals surface area (Å²) in [5, 5.41) is 15.9. The normalized spacial score (nSPS) is 12.2. The summed E-state index contributed by atoms with van der Waals surface area (Å²) in [5.74, 6) is -0.268. The monoisotopic (exact) mass is 395 g/mol. The van der Waals surface area contributed by atoms with Gasteiger partial charge in [0.1, 0.15) is 5.82 Å². The molecule has 0 aliphatic heterocycles. The molecular formula is C20H18FN5OS. The Morgan fingerprint density at radius 3 is 2.71 bits per heavy atom. The van der Waals surface area contributed by atoms with Crippen LogP contribution in [0.2, 0.25) is 0 Å². The molecule has 0 aliphatic carbocycles. The molecular weight excluding hydrogens is 377 g/mol. The van der Waals surface area contributed by atoms with Gasteiger partial charge in [-0.2, -0.15) is 4.52 Å². The van der Waals surface area contributed by atoms with E-state index in [4.69, 9.17) is 0 Å². The maximum absolute atomic E-state index is 13.9. The molecule has 2 aromatic heterocycles. The van der Waals surface area contributed by atoms with Gasteiger partial charge in [0, 0.05) is 5.56 Å². The molecule has 0 spiro atoms. The average Bonchev–Trinajstić information content (AvgIpc) is 3.25. The number of nitrogens with zero attached hydrogens (tertiary/aromatic N) is 4. The summed E-state index contributed by atoms with van der Waals surface area (Å²) in [6, 6.07) is 14.5. The quantitative estimate of drug-likeness (QED) is 0.542. The predicted octanol–water partition coefficient (Wildman–Crippen LogP) is 4.43. The number of hydrogen-bond donors (Lipinski definition) is 1. The molecule has 0 unspecified atom stereocenters. The Morgan fingerprint density at radius 2 is 2.00 bits per heavy atom. The van der Waals surface area contributed by atoms with Crippen LogP contribution >= 0.6 is 11.3 Å². The fourth-order valence-electron chi connectivity index (χ4n) is 3.03. The molecule has 4 rings (SSSR count). The highest BCUT2D eigenvalue weighted by atomic mass is 32.1. The van der Waals surface area contributed by atoms with Gasteiger partial charge < -0.3 is 0 Å². The minimum atomic E-state index is -0.313. The number of fused-ring (bicyclic) bond motifs is 1. The molecule has 28 heavy (non-hydrogen) atoms.